The lowest BCUT2D eigenvalue weighted by Crippen LogP contribution is -2.46. The van der Waals surface area contributed by atoms with Gasteiger partial charge in [0.1, 0.15) is 0 Å². The van der Waals surface area contributed by atoms with E-state index in [4.69, 9.17) is 4.74 Å². The number of benzene rings is 2. The summed E-state index contributed by atoms with van der Waals surface area (Å²) in [6.45, 7) is 6.93. The number of carbonyl (C=O) groups is 3. The second-order valence-corrected chi connectivity index (χ2v) is 12.5. The van der Waals surface area contributed by atoms with E-state index in [1.165, 1.54) is 0 Å². The Morgan fingerprint density at radius 1 is 1.10 bits per heavy atom. The van der Waals surface area contributed by atoms with Gasteiger partial charge < -0.3 is 29.6 Å². The standard InChI is InChI=1S/C32H39N3O6/c1-20-29(31(2,3)40)26(17-28(38)33-15-6-7-23(33)19-36)41-32(20)24-8-4-5-9-25(24)35(30(32)39)18-21-10-12-22(13-11-21)34-16-14-27(34)37/h4-5,8-13,20,23,26,29,36,40H,6-7,14-19H2,1-3H3/t20-,23+,26+,29-,32+/m1/s1. The van der Waals surface area contributed by atoms with E-state index in [1.54, 1.807) is 28.5 Å². The smallest absolute Gasteiger partial charge is 0.264 e. The Kier molecular flexibility index (Phi) is 6.95. The van der Waals surface area contributed by atoms with Crippen LogP contribution < -0.4 is 9.80 Å². The van der Waals surface area contributed by atoms with Gasteiger partial charge in [-0.1, -0.05) is 37.3 Å². The largest absolute Gasteiger partial charge is 0.394 e. The van der Waals surface area contributed by atoms with Gasteiger partial charge >= 0.3 is 0 Å². The summed E-state index contributed by atoms with van der Waals surface area (Å²) in [5.41, 5.74) is 0.734. The SMILES string of the molecule is C[C@@H]1[C@@H](C(C)(C)O)[C@H](CC(=O)N2CCC[C@H]2CO)O[C@@]12C(=O)N(Cc1ccc(N3CCC3=O)cc1)c1ccccc12. The van der Waals surface area contributed by atoms with Gasteiger partial charge in [0.05, 0.1) is 43.0 Å². The summed E-state index contributed by atoms with van der Waals surface area (Å²) in [5.74, 6) is -1.10. The molecule has 1 spiro atoms. The number of β-lactam (4-membered cyclic amide) rings is 1. The number of amides is 3. The number of fused-ring (bicyclic) bond motifs is 2. The molecule has 0 unspecified atom stereocenters. The predicted molar refractivity (Wildman–Crippen MR) is 153 cm³/mol. The molecule has 2 aromatic carbocycles. The minimum absolute atomic E-state index is 0.0311. The molecule has 41 heavy (non-hydrogen) atoms. The zero-order valence-electron chi connectivity index (χ0n) is 24.0. The fourth-order valence-electron chi connectivity index (χ4n) is 7.58. The van der Waals surface area contributed by atoms with Crippen LogP contribution in [0.2, 0.25) is 0 Å². The van der Waals surface area contributed by atoms with Gasteiger partial charge in [-0.25, -0.2) is 0 Å². The number of carbonyl (C=O) groups excluding carboxylic acids is 3. The molecule has 4 heterocycles. The van der Waals surface area contributed by atoms with Gasteiger partial charge in [-0.2, -0.15) is 0 Å². The maximum atomic E-state index is 14.5. The average molecular weight is 562 g/mol. The van der Waals surface area contributed by atoms with Crippen LogP contribution in [0.1, 0.15) is 57.6 Å². The monoisotopic (exact) mass is 561 g/mol. The zero-order chi connectivity index (χ0) is 29.1. The first kappa shape index (κ1) is 27.9. The molecule has 6 rings (SSSR count). The summed E-state index contributed by atoms with van der Waals surface area (Å²) in [6, 6.07) is 15.1. The van der Waals surface area contributed by atoms with Gasteiger partial charge in [0, 0.05) is 42.6 Å². The number of aliphatic hydroxyl groups is 2. The van der Waals surface area contributed by atoms with Gasteiger partial charge in [-0.05, 0) is 50.5 Å². The van der Waals surface area contributed by atoms with Crippen LogP contribution in [0.3, 0.4) is 0 Å². The Hall–Kier alpha value is -3.27. The summed E-state index contributed by atoms with van der Waals surface area (Å²) >= 11 is 0. The molecule has 9 heteroatoms. The number of hydrogen-bond donors (Lipinski definition) is 2. The van der Waals surface area contributed by atoms with Gasteiger partial charge in [0.2, 0.25) is 11.8 Å². The van der Waals surface area contributed by atoms with Crippen molar-refractivity contribution in [2.75, 3.05) is 29.5 Å². The van der Waals surface area contributed by atoms with Gasteiger partial charge in [0.15, 0.2) is 5.60 Å². The highest BCUT2D eigenvalue weighted by Crippen LogP contribution is 2.58. The van der Waals surface area contributed by atoms with Gasteiger partial charge in [-0.15, -0.1) is 0 Å². The van der Waals surface area contributed by atoms with Gasteiger partial charge in [-0.3, -0.25) is 14.4 Å². The molecule has 9 nitrogen and oxygen atoms in total. The maximum absolute atomic E-state index is 14.5. The van der Waals surface area contributed by atoms with E-state index in [2.05, 4.69) is 0 Å². The Labute approximate surface area is 240 Å². The van der Waals surface area contributed by atoms with E-state index < -0.39 is 29.1 Å². The van der Waals surface area contributed by atoms with Crippen LogP contribution in [0.4, 0.5) is 11.4 Å². The lowest BCUT2D eigenvalue weighted by molar-refractivity contribution is -0.150. The van der Waals surface area contributed by atoms with Crippen LogP contribution in [0.15, 0.2) is 48.5 Å². The molecule has 0 radical (unpaired) electrons. The van der Waals surface area contributed by atoms with Crippen LogP contribution in [-0.4, -0.2) is 70.3 Å². The Bertz CT molecular complexity index is 1350. The van der Waals surface area contributed by atoms with Crippen LogP contribution >= 0.6 is 0 Å². The van der Waals surface area contributed by atoms with Crippen molar-refractivity contribution in [3.8, 4) is 0 Å². The normalized spacial score (nSPS) is 29.4. The molecule has 3 fully saturated rings. The second-order valence-electron chi connectivity index (χ2n) is 12.5. The number of aliphatic hydroxyl groups excluding tert-OH is 1. The molecule has 0 aromatic heterocycles. The highest BCUT2D eigenvalue weighted by atomic mass is 16.5. The summed E-state index contributed by atoms with van der Waals surface area (Å²) in [6.07, 6.45) is 1.53. The van der Waals surface area contributed by atoms with Crippen LogP contribution in [0.25, 0.3) is 0 Å². The fraction of sp³-hybridized carbons (Fsp3) is 0.531. The van der Waals surface area contributed by atoms with Crippen LogP contribution in [-0.2, 0) is 31.3 Å². The fourth-order valence-corrected chi connectivity index (χ4v) is 7.58. The summed E-state index contributed by atoms with van der Waals surface area (Å²) in [4.78, 5) is 45.0. The molecule has 3 amide bonds. The molecule has 5 atom stereocenters. The van der Waals surface area contributed by atoms with E-state index in [0.717, 1.165) is 41.9 Å². The summed E-state index contributed by atoms with van der Waals surface area (Å²) < 4.78 is 6.75. The van der Waals surface area contributed by atoms with Crippen LogP contribution in [0, 0.1) is 11.8 Å². The minimum Gasteiger partial charge on any atom is -0.394 e. The van der Waals surface area contributed by atoms with E-state index in [0.29, 0.717) is 19.5 Å². The third-order valence-electron chi connectivity index (χ3n) is 9.61. The molecule has 0 bridgehead atoms. The molecule has 218 valence electrons. The summed E-state index contributed by atoms with van der Waals surface area (Å²) in [5, 5.41) is 21.1. The van der Waals surface area contributed by atoms with E-state index in [-0.39, 0.29) is 36.8 Å². The van der Waals surface area contributed by atoms with Crippen molar-refractivity contribution in [3.63, 3.8) is 0 Å². The number of likely N-dealkylation sites (tertiary alicyclic amines) is 1. The summed E-state index contributed by atoms with van der Waals surface area (Å²) in [7, 11) is 0. The van der Waals surface area contributed by atoms with E-state index in [1.807, 2.05) is 55.5 Å². The third kappa shape index (κ3) is 4.45. The van der Waals surface area contributed by atoms with Crippen molar-refractivity contribution < 1.29 is 29.3 Å². The molecular weight excluding hydrogens is 522 g/mol. The van der Waals surface area contributed by atoms with E-state index >= 15 is 0 Å². The molecule has 2 aromatic rings. The van der Waals surface area contributed by atoms with Crippen molar-refractivity contribution in [1.82, 2.24) is 4.90 Å². The highest BCUT2D eigenvalue weighted by Gasteiger charge is 2.66. The Balaban J connectivity index is 1.31. The topological polar surface area (TPSA) is 111 Å². The van der Waals surface area contributed by atoms with Crippen molar-refractivity contribution in [3.05, 3.63) is 59.7 Å². The molecule has 4 aliphatic rings. The highest BCUT2D eigenvalue weighted by molar-refractivity contribution is 6.07. The molecule has 3 saturated heterocycles. The molecular formula is C32H39N3O6. The lowest BCUT2D eigenvalue weighted by atomic mass is 9.71. The first-order valence-electron chi connectivity index (χ1n) is 14.7. The number of hydrogen-bond acceptors (Lipinski definition) is 6. The number of para-hydroxylation sites is 1. The minimum atomic E-state index is -1.34. The molecule has 4 aliphatic heterocycles. The van der Waals surface area contributed by atoms with Crippen molar-refractivity contribution in [2.24, 2.45) is 11.8 Å². The predicted octanol–water partition coefficient (Wildman–Crippen LogP) is 2.96. The number of ether oxygens (including phenoxy) is 1. The third-order valence-corrected chi connectivity index (χ3v) is 9.61. The first-order valence-corrected chi connectivity index (χ1v) is 14.7. The van der Waals surface area contributed by atoms with Crippen molar-refractivity contribution in [1.29, 1.82) is 0 Å². The Morgan fingerprint density at radius 3 is 2.46 bits per heavy atom. The lowest BCUT2D eigenvalue weighted by Gasteiger charge is -2.34. The Morgan fingerprint density at radius 2 is 1.83 bits per heavy atom. The molecule has 0 saturated carbocycles. The molecule has 2 N–H and O–H groups in total. The quantitative estimate of drug-likeness (QED) is 0.503. The van der Waals surface area contributed by atoms with Gasteiger partial charge in [0.25, 0.3) is 5.91 Å². The number of nitrogens with zero attached hydrogens (tertiary/aromatic N) is 3. The number of rotatable bonds is 7. The average Bonchev–Trinajstić information content (AvgIpc) is 3.59. The maximum Gasteiger partial charge on any atom is 0.264 e. The van der Waals surface area contributed by atoms with E-state index in [9.17, 15) is 24.6 Å². The number of anilines is 2. The van der Waals surface area contributed by atoms with Crippen LogP contribution in [0.5, 0.6) is 0 Å². The first-order chi connectivity index (χ1) is 19.6. The van der Waals surface area contributed by atoms with Crippen molar-refractivity contribution >= 4 is 29.1 Å². The zero-order valence-corrected chi connectivity index (χ0v) is 24.0. The second kappa shape index (κ2) is 10.2. The van der Waals surface area contributed by atoms with Crippen molar-refractivity contribution in [2.45, 2.75) is 76.3 Å². The molecule has 0 aliphatic carbocycles.